The van der Waals surface area contributed by atoms with Crippen molar-refractivity contribution in [2.45, 2.75) is 12.8 Å². The summed E-state index contributed by atoms with van der Waals surface area (Å²) >= 11 is 0. The Hall–Kier alpha value is -0.810. The van der Waals surface area contributed by atoms with Crippen molar-refractivity contribution >= 4 is 6.09 Å². The van der Waals surface area contributed by atoms with Crippen molar-refractivity contribution in [3.63, 3.8) is 0 Å². The summed E-state index contributed by atoms with van der Waals surface area (Å²) in [4.78, 5) is 15.4. The van der Waals surface area contributed by atoms with Crippen LogP contribution in [0.2, 0.25) is 0 Å². The van der Waals surface area contributed by atoms with Gasteiger partial charge in [-0.25, -0.2) is 4.79 Å². The maximum absolute atomic E-state index is 11.6. The number of ether oxygens (including phenoxy) is 1. The zero-order valence-electron chi connectivity index (χ0n) is 9.73. The van der Waals surface area contributed by atoms with Crippen molar-refractivity contribution < 1.29 is 14.6 Å². The number of aliphatic hydroxyl groups is 1. The van der Waals surface area contributed by atoms with Crippen LogP contribution in [0.1, 0.15) is 12.8 Å². The summed E-state index contributed by atoms with van der Waals surface area (Å²) < 4.78 is 5.10. The van der Waals surface area contributed by atoms with E-state index >= 15 is 0 Å². The number of unbranched alkanes of at least 4 members (excludes halogenated alkanes) is 1. The average Bonchev–Trinajstić information content (AvgIpc) is 2.30. The van der Waals surface area contributed by atoms with E-state index in [4.69, 9.17) is 9.84 Å². The molecule has 0 aromatic heterocycles. The van der Waals surface area contributed by atoms with Gasteiger partial charge in [0.05, 0.1) is 13.2 Å². The van der Waals surface area contributed by atoms with Gasteiger partial charge < -0.3 is 14.7 Å². The van der Waals surface area contributed by atoms with Crippen LogP contribution in [-0.4, -0.2) is 66.9 Å². The SMILES string of the molecule is [CH2]CCCOC(=O)N1CCN(CCO)CC1. The molecular weight excluding hydrogens is 208 g/mol. The highest BCUT2D eigenvalue weighted by molar-refractivity contribution is 5.67. The minimum Gasteiger partial charge on any atom is -0.449 e. The van der Waals surface area contributed by atoms with Crippen LogP contribution in [0.25, 0.3) is 0 Å². The van der Waals surface area contributed by atoms with Gasteiger partial charge in [-0.1, -0.05) is 13.3 Å². The molecule has 16 heavy (non-hydrogen) atoms. The summed E-state index contributed by atoms with van der Waals surface area (Å²) in [6.07, 6.45) is 1.38. The molecule has 0 atom stereocenters. The molecule has 0 unspecified atom stereocenters. The molecule has 0 spiro atoms. The molecule has 1 N–H and O–H groups in total. The van der Waals surface area contributed by atoms with Crippen molar-refractivity contribution in [2.24, 2.45) is 0 Å². The third-order valence-electron chi connectivity index (χ3n) is 2.67. The van der Waals surface area contributed by atoms with Crippen LogP contribution in [0.3, 0.4) is 0 Å². The van der Waals surface area contributed by atoms with Gasteiger partial charge >= 0.3 is 6.09 Å². The van der Waals surface area contributed by atoms with Gasteiger partial charge in [0.25, 0.3) is 0 Å². The van der Waals surface area contributed by atoms with Crippen molar-refractivity contribution in [1.29, 1.82) is 0 Å². The lowest BCUT2D eigenvalue weighted by molar-refractivity contribution is 0.0710. The zero-order valence-corrected chi connectivity index (χ0v) is 9.73. The monoisotopic (exact) mass is 229 g/mol. The fraction of sp³-hybridized carbons (Fsp3) is 0.818. The molecule has 93 valence electrons. The summed E-state index contributed by atoms with van der Waals surface area (Å²) in [6, 6.07) is 0. The van der Waals surface area contributed by atoms with Crippen molar-refractivity contribution in [2.75, 3.05) is 45.9 Å². The molecule has 1 aliphatic heterocycles. The third kappa shape index (κ3) is 4.37. The summed E-state index contributed by atoms with van der Waals surface area (Å²) in [5, 5.41) is 8.78. The highest BCUT2D eigenvalue weighted by atomic mass is 16.6. The highest BCUT2D eigenvalue weighted by Crippen LogP contribution is 2.03. The largest absolute Gasteiger partial charge is 0.449 e. The molecule has 1 fully saturated rings. The van der Waals surface area contributed by atoms with E-state index in [9.17, 15) is 4.79 Å². The quantitative estimate of drug-likeness (QED) is 0.691. The van der Waals surface area contributed by atoms with Crippen molar-refractivity contribution in [3.8, 4) is 0 Å². The molecule has 1 rings (SSSR count). The Morgan fingerprint density at radius 2 is 2.00 bits per heavy atom. The fourth-order valence-corrected chi connectivity index (χ4v) is 1.65. The van der Waals surface area contributed by atoms with Crippen LogP contribution in [0.4, 0.5) is 4.79 Å². The maximum atomic E-state index is 11.6. The second-order valence-electron chi connectivity index (χ2n) is 3.87. The predicted octanol–water partition coefficient (Wildman–Crippen LogP) is 0.347. The van der Waals surface area contributed by atoms with Gasteiger partial charge in [-0.05, 0) is 6.42 Å². The number of nitrogens with zero attached hydrogens (tertiary/aromatic N) is 2. The molecule has 0 aromatic carbocycles. The Labute approximate surface area is 97.0 Å². The predicted molar refractivity (Wildman–Crippen MR) is 61.0 cm³/mol. The number of carbonyl (C=O) groups excluding carboxylic acids is 1. The normalized spacial score (nSPS) is 17.5. The van der Waals surface area contributed by atoms with Crippen LogP contribution < -0.4 is 0 Å². The molecule has 0 aliphatic carbocycles. The third-order valence-corrected chi connectivity index (χ3v) is 2.67. The molecule has 1 heterocycles. The molecule has 1 radical (unpaired) electrons. The van der Waals surface area contributed by atoms with Crippen LogP contribution >= 0.6 is 0 Å². The number of hydrogen-bond donors (Lipinski definition) is 1. The Kier molecular flexibility index (Phi) is 6.18. The maximum Gasteiger partial charge on any atom is 0.409 e. The Morgan fingerprint density at radius 1 is 1.31 bits per heavy atom. The van der Waals surface area contributed by atoms with Gasteiger partial charge in [0.15, 0.2) is 0 Å². The van der Waals surface area contributed by atoms with E-state index in [1.165, 1.54) is 0 Å². The molecule has 1 aliphatic rings. The van der Waals surface area contributed by atoms with Crippen LogP contribution in [-0.2, 0) is 4.74 Å². The lowest BCUT2D eigenvalue weighted by atomic mass is 10.3. The van der Waals surface area contributed by atoms with Gasteiger partial charge in [0.1, 0.15) is 0 Å². The number of amides is 1. The molecule has 0 aromatic rings. The van der Waals surface area contributed by atoms with E-state index in [0.29, 0.717) is 26.2 Å². The standard InChI is InChI=1S/C11H21N2O3/c1-2-3-10-16-11(15)13-6-4-12(5-7-13)8-9-14/h14H,1-10H2. The first kappa shape index (κ1) is 13.3. The summed E-state index contributed by atoms with van der Waals surface area (Å²) in [6.45, 7) is 8.00. The second kappa shape index (κ2) is 7.46. The number of carbonyl (C=O) groups is 1. The van der Waals surface area contributed by atoms with E-state index in [1.807, 2.05) is 0 Å². The topological polar surface area (TPSA) is 53.0 Å². The first-order valence-electron chi connectivity index (χ1n) is 5.82. The molecule has 5 heteroatoms. The lowest BCUT2D eigenvalue weighted by Crippen LogP contribution is -2.49. The summed E-state index contributed by atoms with van der Waals surface area (Å²) in [5.74, 6) is 0. The number of piperazine rings is 1. The van der Waals surface area contributed by atoms with Crippen LogP contribution in [0.15, 0.2) is 0 Å². The average molecular weight is 229 g/mol. The number of aliphatic hydroxyl groups excluding tert-OH is 1. The van der Waals surface area contributed by atoms with Gasteiger partial charge in [-0.15, -0.1) is 0 Å². The van der Waals surface area contributed by atoms with Gasteiger partial charge in [0.2, 0.25) is 0 Å². The van der Waals surface area contributed by atoms with Crippen molar-refractivity contribution in [1.82, 2.24) is 9.80 Å². The van der Waals surface area contributed by atoms with Crippen LogP contribution in [0.5, 0.6) is 0 Å². The van der Waals surface area contributed by atoms with Crippen molar-refractivity contribution in [3.05, 3.63) is 6.92 Å². The molecule has 0 saturated carbocycles. The summed E-state index contributed by atoms with van der Waals surface area (Å²) in [5.41, 5.74) is 0. The molecule has 1 saturated heterocycles. The molecule has 0 bridgehead atoms. The summed E-state index contributed by atoms with van der Waals surface area (Å²) in [7, 11) is 0. The number of β-amino-alcohol motifs (C(OH)–C–C–N with tert-alkyl or cyclic N) is 1. The van der Waals surface area contributed by atoms with E-state index in [1.54, 1.807) is 4.90 Å². The molecule has 1 amide bonds. The molecule has 5 nitrogen and oxygen atoms in total. The van der Waals surface area contributed by atoms with E-state index < -0.39 is 0 Å². The minimum absolute atomic E-state index is 0.175. The molecular formula is C11H21N2O3. The van der Waals surface area contributed by atoms with Gasteiger partial charge in [0, 0.05) is 32.7 Å². The fourth-order valence-electron chi connectivity index (χ4n) is 1.65. The first-order chi connectivity index (χ1) is 7.77. The van der Waals surface area contributed by atoms with E-state index in [0.717, 1.165) is 25.9 Å². The zero-order chi connectivity index (χ0) is 11.8. The Bertz CT molecular complexity index is 203. The Morgan fingerprint density at radius 3 is 2.56 bits per heavy atom. The first-order valence-corrected chi connectivity index (χ1v) is 5.82. The second-order valence-corrected chi connectivity index (χ2v) is 3.87. The Balaban J connectivity index is 2.17. The highest BCUT2D eigenvalue weighted by Gasteiger charge is 2.21. The van der Waals surface area contributed by atoms with Gasteiger partial charge in [-0.3, -0.25) is 4.90 Å². The van der Waals surface area contributed by atoms with Gasteiger partial charge in [-0.2, -0.15) is 0 Å². The lowest BCUT2D eigenvalue weighted by Gasteiger charge is -2.33. The van der Waals surface area contributed by atoms with Crippen LogP contribution in [0, 0.1) is 6.92 Å². The smallest absolute Gasteiger partial charge is 0.409 e. The van der Waals surface area contributed by atoms with E-state index in [-0.39, 0.29) is 12.7 Å². The van der Waals surface area contributed by atoms with E-state index in [2.05, 4.69) is 11.8 Å². The minimum atomic E-state index is -0.225. The number of rotatable bonds is 5. The number of hydrogen-bond acceptors (Lipinski definition) is 4.